The van der Waals surface area contributed by atoms with Crippen molar-refractivity contribution in [3.05, 3.63) is 115 Å². The van der Waals surface area contributed by atoms with Crippen molar-refractivity contribution in [1.29, 1.82) is 0 Å². The van der Waals surface area contributed by atoms with E-state index in [1.54, 1.807) is 17.6 Å². The molecule has 0 amide bonds. The quantitative estimate of drug-likeness (QED) is 0.145. The summed E-state index contributed by atoms with van der Waals surface area (Å²) in [6.07, 6.45) is 0. The van der Waals surface area contributed by atoms with Gasteiger partial charge in [-0.2, -0.15) is 0 Å². The van der Waals surface area contributed by atoms with Crippen LogP contribution in [-0.4, -0.2) is 26.4 Å². The van der Waals surface area contributed by atoms with Gasteiger partial charge in [0, 0.05) is 0 Å². The Balaban J connectivity index is 1.93. The zero-order valence-corrected chi connectivity index (χ0v) is 32.3. The zero-order valence-electron chi connectivity index (χ0n) is 26.4. The van der Waals surface area contributed by atoms with Crippen LogP contribution < -0.4 is 17.6 Å². The maximum absolute atomic E-state index is 2.42. The van der Waals surface area contributed by atoms with Gasteiger partial charge in [0.25, 0.3) is 0 Å². The zero-order chi connectivity index (χ0) is 29.5. The van der Waals surface area contributed by atoms with Crippen LogP contribution in [-0.2, 0) is 0 Å². The van der Waals surface area contributed by atoms with Crippen LogP contribution in [0.15, 0.2) is 48.5 Å². The maximum atomic E-state index is 2.42. The van der Waals surface area contributed by atoms with Crippen LogP contribution >= 0.6 is 18.2 Å². The number of aryl methyl sites for hydroxylation is 12. The van der Waals surface area contributed by atoms with Gasteiger partial charge in [-0.3, -0.25) is 0 Å². The molecule has 40 heavy (non-hydrogen) atoms. The fraction of sp³-hybridized carbons (Fsp3) is 0.333. The van der Waals surface area contributed by atoms with Crippen LogP contribution in [0.2, 0.25) is 0 Å². The standard InChI is InChI=1S/C36H44Ge2S2/c1-21-13-25(5)33(26(6)14-21)37(34-27(7)15-22(2)16-28(34)8)39-40-38(35-29(9)17-23(3)18-30(35)10)36-31(11)19-24(4)20-32(36)12/h13-20H,1-12H3. The summed E-state index contributed by atoms with van der Waals surface area (Å²) in [6.45, 7) is 27.8. The Labute approximate surface area is 258 Å². The third kappa shape index (κ3) is 6.66. The third-order valence-corrected chi connectivity index (χ3v) is 40.2. The summed E-state index contributed by atoms with van der Waals surface area (Å²) in [5.41, 5.74) is 17.3. The van der Waals surface area contributed by atoms with E-state index in [2.05, 4.69) is 150 Å². The molecule has 0 N–H and O–H groups in total. The first-order valence-electron chi connectivity index (χ1n) is 14.2. The second kappa shape index (κ2) is 12.9. The topological polar surface area (TPSA) is 0 Å². The summed E-state index contributed by atoms with van der Waals surface area (Å²) in [6, 6.07) is 19.3. The molecule has 2 radical (unpaired) electrons. The molecule has 0 atom stereocenters. The Morgan fingerprint density at radius 3 is 0.600 bits per heavy atom. The summed E-state index contributed by atoms with van der Waals surface area (Å²) >= 11 is -3.99. The molecular weight excluding hydrogens is 642 g/mol. The second-order valence-electron chi connectivity index (χ2n) is 11.9. The Bertz CT molecular complexity index is 1260. The van der Waals surface area contributed by atoms with Gasteiger partial charge in [-0.1, -0.05) is 0 Å². The molecular formula is C36H44Ge2S2. The number of hydrogen-bond acceptors (Lipinski definition) is 2. The summed E-state index contributed by atoms with van der Waals surface area (Å²) in [5.74, 6) is 0. The van der Waals surface area contributed by atoms with E-state index in [9.17, 15) is 0 Å². The van der Waals surface area contributed by atoms with E-state index in [0.717, 1.165) is 0 Å². The van der Waals surface area contributed by atoms with Crippen molar-refractivity contribution in [1.82, 2.24) is 0 Å². The van der Waals surface area contributed by atoms with Crippen LogP contribution in [0.3, 0.4) is 0 Å². The molecule has 0 fully saturated rings. The Hall–Kier alpha value is -1.33. The van der Waals surface area contributed by atoms with Gasteiger partial charge >= 0.3 is 261 Å². The van der Waals surface area contributed by atoms with Crippen molar-refractivity contribution in [3.63, 3.8) is 0 Å². The molecule has 0 unspecified atom stereocenters. The average Bonchev–Trinajstić information content (AvgIpc) is 2.79. The van der Waals surface area contributed by atoms with Crippen molar-refractivity contribution < 1.29 is 0 Å². The summed E-state index contributed by atoms with van der Waals surface area (Å²) in [4.78, 5) is 0. The average molecular weight is 686 g/mol. The van der Waals surface area contributed by atoms with E-state index in [1.807, 2.05) is 0 Å². The Morgan fingerprint density at radius 1 is 0.300 bits per heavy atom. The van der Waals surface area contributed by atoms with Gasteiger partial charge < -0.3 is 0 Å². The van der Waals surface area contributed by atoms with Crippen LogP contribution in [0.1, 0.15) is 66.8 Å². The van der Waals surface area contributed by atoms with Crippen LogP contribution in [0.5, 0.6) is 0 Å². The predicted molar refractivity (Wildman–Crippen MR) is 188 cm³/mol. The van der Waals surface area contributed by atoms with Gasteiger partial charge in [-0.25, -0.2) is 0 Å². The summed E-state index contributed by atoms with van der Waals surface area (Å²) < 4.78 is 6.63. The van der Waals surface area contributed by atoms with Crippen LogP contribution in [0.4, 0.5) is 0 Å². The fourth-order valence-electron chi connectivity index (χ4n) is 6.65. The fourth-order valence-corrected chi connectivity index (χ4v) is 49.4. The van der Waals surface area contributed by atoms with Gasteiger partial charge in [0.2, 0.25) is 0 Å². The minimum absolute atomic E-state index is 1.37. The van der Waals surface area contributed by atoms with E-state index in [0.29, 0.717) is 0 Å². The molecule has 0 nitrogen and oxygen atoms in total. The normalized spacial score (nSPS) is 11.7. The molecule has 4 aromatic carbocycles. The molecule has 4 heteroatoms. The SMILES string of the molecule is Cc1cc(C)[c]([Ge]([S][S][Ge]([c]2c(C)cc(C)cc2C)[c]2c(C)cc(C)cc2C)[c]2c(C)cc(C)cc2C)c(C)c1. The molecule has 208 valence electrons. The third-order valence-electron chi connectivity index (χ3n) is 7.82. The van der Waals surface area contributed by atoms with E-state index >= 15 is 0 Å². The molecule has 0 aliphatic carbocycles. The number of benzene rings is 4. The van der Waals surface area contributed by atoms with Crippen molar-refractivity contribution in [2.75, 3.05) is 0 Å². The molecule has 0 saturated carbocycles. The predicted octanol–water partition coefficient (Wildman–Crippen LogP) is 7.68. The molecule has 4 aromatic rings. The molecule has 0 aliphatic rings. The van der Waals surface area contributed by atoms with E-state index < -0.39 is 26.4 Å². The first kappa shape index (κ1) is 31.6. The first-order valence-corrected chi connectivity index (χ1v) is 25.7. The molecule has 0 saturated heterocycles. The van der Waals surface area contributed by atoms with Gasteiger partial charge in [0.15, 0.2) is 0 Å². The van der Waals surface area contributed by atoms with Crippen LogP contribution in [0.25, 0.3) is 0 Å². The molecule has 0 spiro atoms. The first-order chi connectivity index (χ1) is 18.8. The summed E-state index contributed by atoms with van der Waals surface area (Å²) in [5, 5.41) is 0. The van der Waals surface area contributed by atoms with Crippen molar-refractivity contribution in [2.45, 2.75) is 83.1 Å². The minimum atomic E-state index is -1.99. The van der Waals surface area contributed by atoms with Gasteiger partial charge in [0.1, 0.15) is 0 Å². The van der Waals surface area contributed by atoms with Gasteiger partial charge in [0.05, 0.1) is 0 Å². The van der Waals surface area contributed by atoms with E-state index in [4.69, 9.17) is 0 Å². The van der Waals surface area contributed by atoms with Gasteiger partial charge in [-0.05, 0) is 0 Å². The van der Waals surface area contributed by atoms with Crippen molar-refractivity contribution in [3.8, 4) is 0 Å². The van der Waals surface area contributed by atoms with Crippen LogP contribution in [0, 0.1) is 83.1 Å². The molecule has 0 aliphatic heterocycles. The van der Waals surface area contributed by atoms with E-state index in [1.165, 1.54) is 66.8 Å². The molecule has 0 aromatic heterocycles. The number of hydrogen-bond donors (Lipinski definition) is 0. The van der Waals surface area contributed by atoms with Gasteiger partial charge in [-0.15, -0.1) is 0 Å². The van der Waals surface area contributed by atoms with Crippen molar-refractivity contribution >= 4 is 62.2 Å². The Morgan fingerprint density at radius 2 is 0.450 bits per heavy atom. The Kier molecular flexibility index (Phi) is 10.2. The molecule has 0 bridgehead atoms. The summed E-state index contributed by atoms with van der Waals surface area (Å²) in [7, 11) is 4.59. The number of rotatable bonds is 7. The van der Waals surface area contributed by atoms with E-state index in [-0.39, 0.29) is 0 Å². The monoisotopic (exact) mass is 688 g/mol. The second-order valence-corrected chi connectivity index (χ2v) is 30.7. The molecule has 4 rings (SSSR count). The van der Waals surface area contributed by atoms with Crippen molar-refractivity contribution in [2.24, 2.45) is 0 Å². The molecule has 0 heterocycles.